The Bertz CT molecular complexity index is 238. The molecule has 0 aromatic heterocycles. The summed E-state index contributed by atoms with van der Waals surface area (Å²) < 4.78 is 8.75. The van der Waals surface area contributed by atoms with Gasteiger partial charge in [0.2, 0.25) is 0 Å². The number of esters is 2. The molecule has 4 nitrogen and oxygen atoms in total. The number of carbonyl (C=O) groups excluding carboxylic acids is 2. The molecule has 118 valence electrons. The predicted molar refractivity (Wildman–Crippen MR) is 79.4 cm³/mol. The Morgan fingerprint density at radius 2 is 1.45 bits per heavy atom. The van der Waals surface area contributed by atoms with E-state index >= 15 is 0 Å². The summed E-state index contributed by atoms with van der Waals surface area (Å²) >= 11 is 0. The highest BCUT2D eigenvalue weighted by atomic mass is 16.5. The van der Waals surface area contributed by atoms with Gasteiger partial charge < -0.3 is 9.47 Å². The van der Waals surface area contributed by atoms with Gasteiger partial charge in [-0.25, -0.2) is 0 Å². The van der Waals surface area contributed by atoms with Crippen molar-refractivity contribution in [1.82, 2.24) is 0 Å². The summed E-state index contributed by atoms with van der Waals surface area (Å²) in [7, 11) is 2.64. The Kier molecular flexibility index (Phi) is 12.3. The number of methoxy groups -OCH3 is 2. The fourth-order valence-electron chi connectivity index (χ4n) is 2.47. The van der Waals surface area contributed by atoms with E-state index in [9.17, 15) is 9.59 Å². The summed E-state index contributed by atoms with van der Waals surface area (Å²) in [4.78, 5) is 21.0. The molecule has 0 aromatic carbocycles. The molecule has 4 heteroatoms. The van der Waals surface area contributed by atoms with Crippen molar-refractivity contribution in [3.8, 4) is 0 Å². The topological polar surface area (TPSA) is 52.6 Å². The molecule has 0 aliphatic heterocycles. The highest BCUT2D eigenvalue weighted by Gasteiger charge is 2.11. The van der Waals surface area contributed by atoms with Crippen LogP contribution in [0.3, 0.4) is 0 Å². The highest BCUT2D eigenvalue weighted by Crippen LogP contribution is 2.26. The maximum Gasteiger partial charge on any atom is 0.305 e. The second-order valence-electron chi connectivity index (χ2n) is 5.30. The third-order valence-electron chi connectivity index (χ3n) is 3.64. The molecule has 0 atom stereocenters. The number of carbonyl (C=O) groups is 2. The molecule has 0 saturated heterocycles. The zero-order valence-electron chi connectivity index (χ0n) is 13.3. The zero-order valence-corrected chi connectivity index (χ0v) is 13.3. The maximum atomic E-state index is 10.5. The van der Waals surface area contributed by atoms with E-state index in [0.717, 1.165) is 5.92 Å². The molecular weight excluding hydrogens is 256 g/mol. The van der Waals surface area contributed by atoms with E-state index in [1.54, 1.807) is 0 Å². The number of ether oxygens (including phenoxy) is 2. The molecule has 0 amide bonds. The van der Waals surface area contributed by atoms with E-state index in [2.05, 4.69) is 16.4 Å². The molecule has 20 heavy (non-hydrogen) atoms. The Morgan fingerprint density at radius 3 is 1.85 bits per heavy atom. The maximum absolute atomic E-state index is 10.5. The Hall–Kier alpha value is -1.06. The molecule has 0 bridgehead atoms. The van der Waals surface area contributed by atoms with E-state index in [1.165, 1.54) is 59.2 Å². The van der Waals surface area contributed by atoms with E-state index in [1.807, 2.05) is 0 Å². The standard InChI is InChI=1S/C9H18.C7H12O4/c1-2-6-9-7-4-3-5-8-9;1-10-6(8)4-3-5-7(9)11-2/h9H,2-8H2,1H3;3-5H2,1-2H3. The van der Waals surface area contributed by atoms with Crippen molar-refractivity contribution in [3.05, 3.63) is 0 Å². The number of hydrogen-bond acceptors (Lipinski definition) is 4. The molecule has 0 aromatic rings. The molecular formula is C16H30O4. The summed E-state index contributed by atoms with van der Waals surface area (Å²) in [5.41, 5.74) is 0. The number of hydrogen-bond donors (Lipinski definition) is 0. The van der Waals surface area contributed by atoms with Crippen LogP contribution >= 0.6 is 0 Å². The molecule has 0 radical (unpaired) electrons. The number of rotatable bonds is 6. The normalized spacial score (nSPS) is 14.9. The minimum Gasteiger partial charge on any atom is -0.469 e. The lowest BCUT2D eigenvalue weighted by Crippen LogP contribution is -2.04. The van der Waals surface area contributed by atoms with Crippen LogP contribution in [0, 0.1) is 5.92 Å². The Balaban J connectivity index is 0.000000367. The molecule has 1 fully saturated rings. The van der Waals surface area contributed by atoms with Crippen LogP contribution in [0.25, 0.3) is 0 Å². The lowest BCUT2D eigenvalue weighted by Gasteiger charge is -2.20. The Labute approximate surface area is 123 Å². The van der Waals surface area contributed by atoms with Gasteiger partial charge in [0.1, 0.15) is 0 Å². The minimum absolute atomic E-state index is 0.269. The molecule has 1 aliphatic carbocycles. The van der Waals surface area contributed by atoms with Crippen LogP contribution in [0.1, 0.15) is 71.1 Å². The fraction of sp³-hybridized carbons (Fsp3) is 0.875. The van der Waals surface area contributed by atoms with Gasteiger partial charge in [0, 0.05) is 12.8 Å². The van der Waals surface area contributed by atoms with Crippen molar-refractivity contribution in [2.45, 2.75) is 71.1 Å². The fourth-order valence-corrected chi connectivity index (χ4v) is 2.47. The van der Waals surface area contributed by atoms with Gasteiger partial charge >= 0.3 is 11.9 Å². The first kappa shape index (κ1) is 18.9. The molecule has 0 N–H and O–H groups in total. The van der Waals surface area contributed by atoms with Crippen LogP contribution < -0.4 is 0 Å². The largest absolute Gasteiger partial charge is 0.469 e. The van der Waals surface area contributed by atoms with Gasteiger partial charge in [-0.3, -0.25) is 9.59 Å². The summed E-state index contributed by atoms with van der Waals surface area (Å²) in [5, 5.41) is 0. The van der Waals surface area contributed by atoms with Crippen molar-refractivity contribution in [2.75, 3.05) is 14.2 Å². The van der Waals surface area contributed by atoms with Gasteiger partial charge in [-0.1, -0.05) is 51.9 Å². The van der Waals surface area contributed by atoms with E-state index in [4.69, 9.17) is 0 Å². The second kappa shape index (κ2) is 12.9. The molecule has 0 unspecified atom stereocenters. The summed E-state index contributed by atoms with van der Waals surface area (Å²) in [6, 6.07) is 0. The van der Waals surface area contributed by atoms with E-state index in [0.29, 0.717) is 6.42 Å². The van der Waals surface area contributed by atoms with Crippen LogP contribution in [0.4, 0.5) is 0 Å². The summed E-state index contributed by atoms with van der Waals surface area (Å²) in [5.74, 6) is 0.506. The Morgan fingerprint density at radius 1 is 0.950 bits per heavy atom. The summed E-state index contributed by atoms with van der Waals surface area (Å²) in [6.07, 6.45) is 11.5. The van der Waals surface area contributed by atoms with Crippen LogP contribution in [0.2, 0.25) is 0 Å². The van der Waals surface area contributed by atoms with Gasteiger partial charge in [-0.05, 0) is 12.3 Å². The smallest absolute Gasteiger partial charge is 0.305 e. The van der Waals surface area contributed by atoms with E-state index < -0.39 is 0 Å². The van der Waals surface area contributed by atoms with Gasteiger partial charge in [0.25, 0.3) is 0 Å². The first-order valence-electron chi connectivity index (χ1n) is 7.77. The average molecular weight is 286 g/mol. The lowest BCUT2D eigenvalue weighted by molar-refractivity contribution is -0.142. The van der Waals surface area contributed by atoms with Gasteiger partial charge in [-0.15, -0.1) is 0 Å². The minimum atomic E-state index is -0.297. The lowest BCUT2D eigenvalue weighted by atomic mass is 9.86. The van der Waals surface area contributed by atoms with Crippen LogP contribution in [-0.2, 0) is 19.1 Å². The first-order valence-corrected chi connectivity index (χ1v) is 7.77. The van der Waals surface area contributed by atoms with Crippen molar-refractivity contribution < 1.29 is 19.1 Å². The van der Waals surface area contributed by atoms with Crippen LogP contribution in [0.15, 0.2) is 0 Å². The van der Waals surface area contributed by atoms with Crippen LogP contribution in [-0.4, -0.2) is 26.2 Å². The molecule has 0 spiro atoms. The van der Waals surface area contributed by atoms with Crippen molar-refractivity contribution in [2.24, 2.45) is 5.92 Å². The van der Waals surface area contributed by atoms with Gasteiger partial charge in [0.05, 0.1) is 14.2 Å². The molecule has 1 saturated carbocycles. The predicted octanol–water partition coefficient (Wildman–Crippen LogP) is 3.87. The molecule has 0 heterocycles. The van der Waals surface area contributed by atoms with Crippen molar-refractivity contribution >= 4 is 11.9 Å². The average Bonchev–Trinajstić information content (AvgIpc) is 2.49. The van der Waals surface area contributed by atoms with E-state index in [-0.39, 0.29) is 24.8 Å². The van der Waals surface area contributed by atoms with Crippen molar-refractivity contribution in [3.63, 3.8) is 0 Å². The molecule has 1 rings (SSSR count). The van der Waals surface area contributed by atoms with Gasteiger partial charge in [-0.2, -0.15) is 0 Å². The van der Waals surface area contributed by atoms with Gasteiger partial charge in [0.15, 0.2) is 0 Å². The quantitative estimate of drug-likeness (QED) is 0.695. The highest BCUT2D eigenvalue weighted by molar-refractivity contribution is 5.72. The first-order chi connectivity index (χ1) is 9.63. The third-order valence-corrected chi connectivity index (χ3v) is 3.64. The molecule has 1 aliphatic rings. The third kappa shape index (κ3) is 10.8. The second-order valence-corrected chi connectivity index (χ2v) is 5.30. The zero-order chi connectivity index (χ0) is 15.2. The monoisotopic (exact) mass is 286 g/mol. The summed E-state index contributed by atoms with van der Waals surface area (Å²) in [6.45, 7) is 2.30. The van der Waals surface area contributed by atoms with Crippen molar-refractivity contribution in [1.29, 1.82) is 0 Å². The SMILES string of the molecule is CCCC1CCCCC1.COC(=O)CCCC(=O)OC. The van der Waals surface area contributed by atoms with Crippen LogP contribution in [0.5, 0.6) is 0 Å².